The molecule has 0 radical (unpaired) electrons. The topological polar surface area (TPSA) is 38.0 Å². The number of hydrogen-bond acceptors (Lipinski definition) is 2. The zero-order valence-corrected chi connectivity index (χ0v) is 5.22. The van der Waals surface area contributed by atoms with Gasteiger partial charge in [-0.2, -0.15) is 0 Å². The van der Waals surface area contributed by atoms with Crippen LogP contribution < -0.4 is 9.72 Å². The van der Waals surface area contributed by atoms with Crippen molar-refractivity contribution in [1.82, 2.24) is 3.99 Å². The van der Waals surface area contributed by atoms with Gasteiger partial charge in [0.2, 0.25) is 0 Å². The van der Waals surface area contributed by atoms with Crippen molar-refractivity contribution in [2.75, 3.05) is 13.1 Å². The van der Waals surface area contributed by atoms with Crippen molar-refractivity contribution in [3.05, 3.63) is 0 Å². The minimum absolute atomic E-state index is 0.733. The molecule has 0 saturated heterocycles. The molecule has 2 nitrogen and oxygen atoms in total. The van der Waals surface area contributed by atoms with E-state index in [0.29, 0.717) is 0 Å². The van der Waals surface area contributed by atoms with E-state index in [0.717, 1.165) is 13.1 Å². The Kier molecular flexibility index (Phi) is 5.09. The van der Waals surface area contributed by atoms with Crippen LogP contribution in [0.2, 0.25) is 0 Å². The van der Waals surface area contributed by atoms with Crippen LogP contribution >= 0.6 is 0 Å². The fourth-order valence-electron chi connectivity index (χ4n) is 0.0481. The molecule has 0 atom stereocenters. The predicted octanol–water partition coefficient (Wildman–Crippen LogP) is -1.00. The Balaban J connectivity index is 2.19. The van der Waals surface area contributed by atoms with E-state index in [-0.39, 0.29) is 0 Å². The van der Waals surface area contributed by atoms with E-state index in [1.807, 2.05) is 19.1 Å². The molecule has 3 N–H and O–H groups in total. The van der Waals surface area contributed by atoms with Crippen molar-refractivity contribution in [2.24, 2.45) is 5.73 Å². The summed E-state index contributed by atoms with van der Waals surface area (Å²) in [6.07, 6.45) is 0. The molecule has 34 valence electrons. The predicted molar refractivity (Wildman–Crippen MR) is 17.1 cm³/mol. The molecule has 0 rings (SSSR count). The zero-order valence-electron chi connectivity index (χ0n) is 2.82. The molecule has 0 aromatic heterocycles. The Labute approximate surface area is 42.6 Å². The van der Waals surface area contributed by atoms with Gasteiger partial charge in [-0.25, -0.2) is 0 Å². The van der Waals surface area contributed by atoms with E-state index in [1.54, 1.807) is 0 Å². The van der Waals surface area contributed by atoms with Gasteiger partial charge in [0.25, 0.3) is 0 Å². The normalized spacial score (nSPS) is 8.60. The van der Waals surface area contributed by atoms with Crippen LogP contribution in [0.15, 0.2) is 0 Å². The van der Waals surface area contributed by atoms with Crippen LogP contribution in [0.5, 0.6) is 0 Å². The van der Waals surface area contributed by atoms with Crippen molar-refractivity contribution < 1.29 is 19.1 Å². The quantitative estimate of drug-likeness (QED) is 0.660. The van der Waals surface area contributed by atoms with Crippen LogP contribution in [0.25, 0.3) is 0 Å². The first-order valence-electron chi connectivity index (χ1n) is 1.43. The summed E-state index contributed by atoms with van der Waals surface area (Å²) in [5, 5.41) is 0. The molecule has 0 aliphatic rings. The Morgan fingerprint density at radius 3 is 2.40 bits per heavy atom. The van der Waals surface area contributed by atoms with Crippen LogP contribution in [0, 0.1) is 0 Å². The molecule has 0 amide bonds. The molecule has 0 aliphatic carbocycles. The average molecular weight is 251 g/mol. The van der Waals surface area contributed by atoms with Gasteiger partial charge in [0.05, 0.1) is 0 Å². The van der Waals surface area contributed by atoms with E-state index in [1.165, 1.54) is 0 Å². The summed E-state index contributed by atoms with van der Waals surface area (Å²) >= 11 is 1.88. The molecule has 3 heteroatoms. The van der Waals surface area contributed by atoms with E-state index in [2.05, 4.69) is 3.99 Å². The molecule has 0 unspecified atom stereocenters. The van der Waals surface area contributed by atoms with Crippen LogP contribution in [0.4, 0.5) is 0 Å². The summed E-state index contributed by atoms with van der Waals surface area (Å²) < 4.78 is 2.89. The first-order chi connectivity index (χ1) is 2.41. The third kappa shape index (κ3) is 4.57. The second kappa shape index (κ2) is 4.57. The Morgan fingerprint density at radius 2 is 2.40 bits per heavy atom. The average Bonchev–Trinajstić information content (AvgIpc) is 1.41. The van der Waals surface area contributed by atoms with Crippen LogP contribution in [-0.4, -0.2) is 13.1 Å². The minimum atomic E-state index is 0.733. The second-order valence-electron chi connectivity index (χ2n) is 0.657. The molecule has 0 fully saturated rings. The van der Waals surface area contributed by atoms with Gasteiger partial charge in [-0.05, 0) is 0 Å². The molecule has 0 heterocycles. The summed E-state index contributed by atoms with van der Waals surface area (Å²) in [6.45, 7) is 1.65. The number of nitrogens with one attached hydrogen (secondary N) is 1. The molecule has 0 aromatic carbocycles. The molecule has 0 saturated carbocycles. The Bertz CT molecular complexity index is 15.1. The molecule has 0 aromatic rings. The van der Waals surface area contributed by atoms with Crippen LogP contribution in [0.3, 0.4) is 0 Å². The first kappa shape index (κ1) is 5.57. The molecule has 0 bridgehead atoms. The van der Waals surface area contributed by atoms with Gasteiger partial charge in [0.15, 0.2) is 0 Å². The number of hydrogen-bond donors (Lipinski definition) is 2. The molecule has 5 heavy (non-hydrogen) atoms. The van der Waals surface area contributed by atoms with Gasteiger partial charge in [0, 0.05) is 0 Å². The third-order valence-electron chi connectivity index (χ3n) is 0.228. The van der Waals surface area contributed by atoms with Gasteiger partial charge in [-0.1, -0.05) is 0 Å². The third-order valence-corrected chi connectivity index (χ3v) is 0.826. The Morgan fingerprint density at radius 1 is 1.80 bits per heavy atom. The summed E-state index contributed by atoms with van der Waals surface area (Å²) in [4.78, 5) is 0. The molecular weight excluding hydrogens is 244 g/mol. The van der Waals surface area contributed by atoms with E-state index in [4.69, 9.17) is 5.73 Å². The maximum atomic E-state index is 5.08. The standard InChI is InChI=1S/C2H7N2.Ir/c3-1-2-4;/h3H,1-2,4H2;/q-1;+1. The van der Waals surface area contributed by atoms with Gasteiger partial charge < -0.3 is 0 Å². The van der Waals surface area contributed by atoms with Crippen LogP contribution in [-0.2, 0) is 19.1 Å². The maximum absolute atomic E-state index is 5.08. The van der Waals surface area contributed by atoms with E-state index in [9.17, 15) is 0 Å². The number of rotatable bonds is 2. The summed E-state index contributed by atoms with van der Waals surface area (Å²) in [5.74, 6) is 0. The summed E-state index contributed by atoms with van der Waals surface area (Å²) in [6, 6.07) is 0. The number of nitrogens with two attached hydrogens (primary N) is 1. The van der Waals surface area contributed by atoms with Crippen molar-refractivity contribution >= 4 is 0 Å². The first-order valence-corrected chi connectivity index (χ1v) is 2.63. The fourth-order valence-corrected chi connectivity index (χ4v) is 0.394. The molecule has 0 spiro atoms. The molecule has 0 aliphatic heterocycles. The summed E-state index contributed by atoms with van der Waals surface area (Å²) in [5.41, 5.74) is 5.08. The fraction of sp³-hybridized carbons (Fsp3) is 1.00. The summed E-state index contributed by atoms with van der Waals surface area (Å²) in [7, 11) is 0. The Hall–Kier alpha value is 0.569. The SMILES string of the molecule is NCC[NH][Ir]. The van der Waals surface area contributed by atoms with Gasteiger partial charge >= 0.3 is 42.0 Å². The van der Waals surface area contributed by atoms with Gasteiger partial charge in [-0.3, -0.25) is 0 Å². The molecular formula is C2H7IrN2. The van der Waals surface area contributed by atoms with E-state index >= 15 is 0 Å². The van der Waals surface area contributed by atoms with Crippen molar-refractivity contribution in [2.45, 2.75) is 0 Å². The van der Waals surface area contributed by atoms with Crippen molar-refractivity contribution in [1.29, 1.82) is 0 Å². The van der Waals surface area contributed by atoms with Crippen molar-refractivity contribution in [3.63, 3.8) is 0 Å². The van der Waals surface area contributed by atoms with Crippen LogP contribution in [0.1, 0.15) is 0 Å². The van der Waals surface area contributed by atoms with E-state index < -0.39 is 0 Å². The van der Waals surface area contributed by atoms with Gasteiger partial charge in [-0.15, -0.1) is 0 Å². The second-order valence-corrected chi connectivity index (χ2v) is 1.50. The van der Waals surface area contributed by atoms with Crippen molar-refractivity contribution in [3.8, 4) is 0 Å². The zero-order chi connectivity index (χ0) is 4.12. The van der Waals surface area contributed by atoms with Gasteiger partial charge in [0.1, 0.15) is 0 Å². The monoisotopic (exact) mass is 252 g/mol.